The van der Waals surface area contributed by atoms with Crippen molar-refractivity contribution in [3.63, 3.8) is 0 Å². The van der Waals surface area contributed by atoms with Gasteiger partial charge in [-0.05, 0) is 24.2 Å². The maximum absolute atomic E-state index is 5.75. The molecule has 0 amide bonds. The van der Waals surface area contributed by atoms with Crippen molar-refractivity contribution in [2.24, 2.45) is 5.73 Å². The van der Waals surface area contributed by atoms with E-state index in [0.29, 0.717) is 19.0 Å². The third-order valence-corrected chi connectivity index (χ3v) is 4.83. The number of nitrogens with one attached hydrogen (secondary N) is 1. The molecule has 6 nitrogen and oxygen atoms in total. The van der Waals surface area contributed by atoms with Crippen molar-refractivity contribution in [3.8, 4) is 39.5 Å². The highest BCUT2D eigenvalue weighted by Gasteiger charge is 2.14. The third-order valence-electron chi connectivity index (χ3n) is 4.83. The first kappa shape index (κ1) is 19.8. The zero-order valence-corrected chi connectivity index (χ0v) is 16.8. The minimum Gasteiger partial charge on any atom is -0.475 e. The van der Waals surface area contributed by atoms with Crippen molar-refractivity contribution in [2.45, 2.75) is 6.54 Å². The molecule has 30 heavy (non-hydrogen) atoms. The monoisotopic (exact) mass is 400 g/mol. The zero-order valence-electron chi connectivity index (χ0n) is 16.8. The van der Waals surface area contributed by atoms with E-state index < -0.39 is 0 Å². The molecule has 0 bridgehead atoms. The fourth-order valence-electron chi connectivity index (χ4n) is 3.16. The van der Waals surface area contributed by atoms with Gasteiger partial charge in [0.1, 0.15) is 12.3 Å². The van der Waals surface area contributed by atoms with Crippen molar-refractivity contribution in [2.75, 3.05) is 20.2 Å². The number of aromatic nitrogens is 2. The molecule has 2 heterocycles. The summed E-state index contributed by atoms with van der Waals surface area (Å²) in [5.74, 6) is 0.501. The third kappa shape index (κ3) is 4.40. The highest BCUT2D eigenvalue weighted by atomic mass is 16.5. The molecule has 0 unspecified atom stereocenters. The van der Waals surface area contributed by atoms with Crippen molar-refractivity contribution in [1.82, 2.24) is 15.3 Å². The first-order chi connectivity index (χ1) is 14.8. The summed E-state index contributed by atoms with van der Waals surface area (Å²) in [5.41, 5.74) is 12.4. The molecule has 2 aromatic carbocycles. The number of likely N-dealkylation sites (N-methyl/N-ethyl adjacent to an activating group) is 1. The van der Waals surface area contributed by atoms with Crippen LogP contribution in [0.4, 0.5) is 0 Å². The normalized spacial score (nSPS) is 10.9. The number of nitrogens with zero attached hydrogens (tertiary/aromatic N) is 2. The van der Waals surface area contributed by atoms with Gasteiger partial charge in [-0.25, -0.2) is 9.97 Å². The van der Waals surface area contributed by atoms with Gasteiger partial charge in [-0.2, -0.15) is 0 Å². The Morgan fingerprint density at radius 3 is 2.27 bits per heavy atom. The first-order valence-electron chi connectivity index (χ1n) is 9.85. The van der Waals surface area contributed by atoms with E-state index >= 15 is 0 Å². The zero-order chi connectivity index (χ0) is 20.8. The van der Waals surface area contributed by atoms with Crippen LogP contribution in [0.5, 0.6) is 5.88 Å². The minimum absolute atomic E-state index is 0.501. The molecule has 6 heteroatoms. The number of furan rings is 1. The molecule has 0 saturated carbocycles. The van der Waals surface area contributed by atoms with Crippen LogP contribution in [0.3, 0.4) is 0 Å². The SMILES string of the molecule is CNCCOc1cnc(-c2ccc(CN)cc2)c(-c2ccc(-c3ccoc3)cc2)n1. The summed E-state index contributed by atoms with van der Waals surface area (Å²) < 4.78 is 10.9. The Balaban J connectivity index is 1.72. The maximum atomic E-state index is 5.75. The van der Waals surface area contributed by atoms with Gasteiger partial charge in [0.25, 0.3) is 0 Å². The van der Waals surface area contributed by atoms with Gasteiger partial charge in [0, 0.05) is 29.8 Å². The second kappa shape index (κ2) is 9.35. The van der Waals surface area contributed by atoms with E-state index in [4.69, 9.17) is 19.9 Å². The molecule has 0 fully saturated rings. The Kier molecular flexibility index (Phi) is 6.17. The molecule has 152 valence electrons. The molecule has 0 atom stereocenters. The fraction of sp³-hybridized carbons (Fsp3) is 0.167. The van der Waals surface area contributed by atoms with Crippen molar-refractivity contribution in [3.05, 3.63) is 78.9 Å². The van der Waals surface area contributed by atoms with Crippen LogP contribution in [-0.4, -0.2) is 30.2 Å². The van der Waals surface area contributed by atoms with Crippen LogP contribution in [0.15, 0.2) is 77.7 Å². The highest BCUT2D eigenvalue weighted by Crippen LogP contribution is 2.32. The summed E-state index contributed by atoms with van der Waals surface area (Å²) in [6.45, 7) is 1.76. The Bertz CT molecular complexity index is 1080. The predicted octanol–water partition coefficient (Wildman–Crippen LogP) is 4.13. The van der Waals surface area contributed by atoms with E-state index in [1.54, 1.807) is 18.7 Å². The van der Waals surface area contributed by atoms with Gasteiger partial charge in [-0.1, -0.05) is 48.5 Å². The summed E-state index contributed by atoms with van der Waals surface area (Å²) in [6.07, 6.45) is 5.07. The number of hydrogen-bond acceptors (Lipinski definition) is 6. The second-order valence-corrected chi connectivity index (χ2v) is 6.85. The molecule has 0 aliphatic rings. The molecule has 2 aromatic heterocycles. The molecule has 0 saturated heterocycles. The van der Waals surface area contributed by atoms with Crippen molar-refractivity contribution >= 4 is 0 Å². The van der Waals surface area contributed by atoms with Crippen LogP contribution >= 0.6 is 0 Å². The standard InChI is InChI=1S/C24H24N4O2/c1-26-11-13-30-22-15-27-23(19-4-2-17(14-25)3-5-19)24(28-22)20-8-6-18(7-9-20)21-10-12-29-16-21/h2-10,12,15-16,26H,11,13-14,25H2,1H3. The number of hydrogen-bond donors (Lipinski definition) is 2. The Labute approximate surface area is 175 Å². The van der Waals surface area contributed by atoms with E-state index in [9.17, 15) is 0 Å². The highest BCUT2D eigenvalue weighted by molar-refractivity contribution is 5.79. The van der Waals surface area contributed by atoms with Crippen LogP contribution in [-0.2, 0) is 6.54 Å². The summed E-state index contributed by atoms with van der Waals surface area (Å²) in [5, 5.41) is 3.06. The number of nitrogens with two attached hydrogens (primary N) is 1. The molecule has 3 N–H and O–H groups in total. The Morgan fingerprint density at radius 1 is 0.900 bits per heavy atom. The maximum Gasteiger partial charge on any atom is 0.232 e. The van der Waals surface area contributed by atoms with Crippen LogP contribution in [0.1, 0.15) is 5.56 Å². The van der Waals surface area contributed by atoms with Crippen molar-refractivity contribution < 1.29 is 9.15 Å². The van der Waals surface area contributed by atoms with Crippen LogP contribution in [0, 0.1) is 0 Å². The Morgan fingerprint density at radius 2 is 1.60 bits per heavy atom. The van der Waals surface area contributed by atoms with E-state index in [-0.39, 0.29) is 0 Å². The molecular formula is C24H24N4O2. The number of rotatable bonds is 8. The number of benzene rings is 2. The van der Waals surface area contributed by atoms with E-state index in [0.717, 1.165) is 45.7 Å². The summed E-state index contributed by atoms with van der Waals surface area (Å²) in [6, 6.07) is 18.2. The fourth-order valence-corrected chi connectivity index (χ4v) is 3.16. The lowest BCUT2D eigenvalue weighted by Gasteiger charge is -2.12. The topological polar surface area (TPSA) is 86.2 Å². The molecule has 4 aromatic rings. The lowest BCUT2D eigenvalue weighted by atomic mass is 10.0. The average Bonchev–Trinajstić information content (AvgIpc) is 3.34. The largest absolute Gasteiger partial charge is 0.475 e. The molecule has 0 aliphatic heterocycles. The average molecular weight is 400 g/mol. The van der Waals surface area contributed by atoms with Crippen LogP contribution < -0.4 is 15.8 Å². The summed E-state index contributed by atoms with van der Waals surface area (Å²) in [7, 11) is 1.89. The van der Waals surface area contributed by atoms with Gasteiger partial charge in [0.15, 0.2) is 0 Å². The lowest BCUT2D eigenvalue weighted by molar-refractivity contribution is 0.305. The Hall–Kier alpha value is -3.48. The van der Waals surface area contributed by atoms with E-state index in [1.165, 1.54) is 0 Å². The van der Waals surface area contributed by atoms with Crippen LogP contribution in [0.25, 0.3) is 33.6 Å². The number of ether oxygens (including phenoxy) is 1. The first-order valence-corrected chi connectivity index (χ1v) is 9.85. The van der Waals surface area contributed by atoms with E-state index in [2.05, 4.69) is 22.4 Å². The summed E-state index contributed by atoms with van der Waals surface area (Å²) >= 11 is 0. The van der Waals surface area contributed by atoms with Crippen LogP contribution in [0.2, 0.25) is 0 Å². The second-order valence-electron chi connectivity index (χ2n) is 6.85. The molecular weight excluding hydrogens is 376 g/mol. The van der Waals surface area contributed by atoms with Gasteiger partial charge in [0.05, 0.1) is 24.4 Å². The summed E-state index contributed by atoms with van der Waals surface area (Å²) in [4.78, 5) is 9.45. The molecule has 0 spiro atoms. The van der Waals surface area contributed by atoms with Gasteiger partial charge in [0.2, 0.25) is 5.88 Å². The molecule has 0 radical (unpaired) electrons. The van der Waals surface area contributed by atoms with Gasteiger partial charge < -0.3 is 20.2 Å². The lowest BCUT2D eigenvalue weighted by Crippen LogP contribution is -2.16. The van der Waals surface area contributed by atoms with E-state index in [1.807, 2.05) is 49.5 Å². The molecule has 0 aliphatic carbocycles. The van der Waals surface area contributed by atoms with Crippen molar-refractivity contribution in [1.29, 1.82) is 0 Å². The minimum atomic E-state index is 0.501. The molecule has 4 rings (SSSR count). The van der Waals surface area contributed by atoms with Gasteiger partial charge in [-0.3, -0.25) is 0 Å². The quantitative estimate of drug-likeness (QED) is 0.433. The predicted molar refractivity (Wildman–Crippen MR) is 118 cm³/mol. The smallest absolute Gasteiger partial charge is 0.232 e. The van der Waals surface area contributed by atoms with Gasteiger partial charge in [-0.15, -0.1) is 0 Å². The van der Waals surface area contributed by atoms with Gasteiger partial charge >= 0.3 is 0 Å².